The summed E-state index contributed by atoms with van der Waals surface area (Å²) in [5, 5.41) is 0. The molecule has 0 amide bonds. The van der Waals surface area contributed by atoms with Crippen LogP contribution >= 0.6 is 0 Å². The van der Waals surface area contributed by atoms with Gasteiger partial charge in [0.05, 0.1) is 0 Å². The Morgan fingerprint density at radius 2 is 1.40 bits per heavy atom. The lowest BCUT2D eigenvalue weighted by Crippen LogP contribution is -2.06. The van der Waals surface area contributed by atoms with Gasteiger partial charge in [-0.1, -0.05) is 25.7 Å². The molecule has 0 radical (unpaired) electrons. The van der Waals surface area contributed by atoms with Gasteiger partial charge in [0.25, 0.3) is 0 Å². The van der Waals surface area contributed by atoms with Crippen molar-refractivity contribution in [1.29, 1.82) is 0 Å². The van der Waals surface area contributed by atoms with Crippen molar-refractivity contribution in [2.24, 2.45) is 0 Å². The van der Waals surface area contributed by atoms with Crippen LogP contribution in [0.5, 0.6) is 0 Å². The second-order valence-corrected chi connectivity index (χ2v) is 3.94. The van der Waals surface area contributed by atoms with Crippen LogP contribution in [0.25, 0.3) is 0 Å². The van der Waals surface area contributed by atoms with E-state index in [0.29, 0.717) is 12.8 Å². The van der Waals surface area contributed by atoms with Gasteiger partial charge in [0.1, 0.15) is 5.78 Å². The van der Waals surface area contributed by atoms with Crippen LogP contribution in [0, 0.1) is 0 Å². The predicted molar refractivity (Wildman–Crippen MR) is 53.7 cm³/mol. The van der Waals surface area contributed by atoms with Crippen molar-refractivity contribution >= 4 is 5.78 Å². The minimum atomic E-state index is -4.01. The average molecular weight is 224 g/mol. The van der Waals surface area contributed by atoms with Crippen LogP contribution in [0.1, 0.15) is 58.3 Å². The van der Waals surface area contributed by atoms with Gasteiger partial charge in [-0.15, -0.1) is 0 Å². The third kappa shape index (κ3) is 13.5. The third-order valence-electron chi connectivity index (χ3n) is 2.24. The highest BCUT2D eigenvalue weighted by molar-refractivity contribution is 5.75. The maximum atomic E-state index is 11.7. The zero-order valence-electron chi connectivity index (χ0n) is 9.20. The van der Waals surface area contributed by atoms with Crippen LogP contribution in [0.15, 0.2) is 0 Å². The number of unbranched alkanes of at least 4 members (excludes halogenated alkanes) is 5. The summed E-state index contributed by atoms with van der Waals surface area (Å²) < 4.78 is 35.2. The number of carbonyl (C=O) groups excluding carboxylic acids is 1. The lowest BCUT2D eigenvalue weighted by molar-refractivity contribution is -0.135. The van der Waals surface area contributed by atoms with E-state index in [1.807, 2.05) is 0 Å². The second kappa shape index (κ2) is 7.71. The predicted octanol–water partition coefficient (Wildman–Crippen LogP) is 4.26. The molecule has 0 bridgehead atoms. The maximum Gasteiger partial charge on any atom is 0.389 e. The number of ketones is 1. The number of alkyl halides is 3. The fourth-order valence-corrected chi connectivity index (χ4v) is 1.41. The summed E-state index contributed by atoms with van der Waals surface area (Å²) in [6.45, 7) is 1.56. The summed E-state index contributed by atoms with van der Waals surface area (Å²) in [5.41, 5.74) is 0. The molecule has 0 rings (SSSR count). The standard InChI is InChI=1S/C11H19F3O/c1-10(15)8-6-4-2-3-5-7-9-11(12,13)14/h2-9H2,1H3. The molecule has 0 aromatic heterocycles. The number of Topliss-reactive ketones (excluding diaryl/α,β-unsaturated/α-hetero) is 1. The van der Waals surface area contributed by atoms with E-state index in [1.165, 1.54) is 0 Å². The molecule has 0 aliphatic carbocycles. The first-order valence-corrected chi connectivity index (χ1v) is 5.48. The Morgan fingerprint density at radius 1 is 0.933 bits per heavy atom. The molecule has 0 saturated carbocycles. The van der Waals surface area contributed by atoms with E-state index >= 15 is 0 Å². The molecule has 0 fully saturated rings. The Labute approximate surface area is 89.0 Å². The van der Waals surface area contributed by atoms with Crippen molar-refractivity contribution in [2.45, 2.75) is 64.5 Å². The molecule has 0 aromatic carbocycles. The Bertz CT molecular complexity index is 175. The summed E-state index contributed by atoms with van der Waals surface area (Å²) in [6, 6.07) is 0. The quantitative estimate of drug-likeness (QED) is 0.563. The zero-order chi connectivity index (χ0) is 11.7. The van der Waals surface area contributed by atoms with Gasteiger partial charge in [0.2, 0.25) is 0 Å². The van der Waals surface area contributed by atoms with Crippen LogP contribution in [-0.2, 0) is 4.79 Å². The van der Waals surface area contributed by atoms with Crippen LogP contribution in [0.2, 0.25) is 0 Å². The molecule has 0 aliphatic rings. The molecule has 1 nitrogen and oxygen atoms in total. The first kappa shape index (κ1) is 14.5. The van der Waals surface area contributed by atoms with Crippen molar-refractivity contribution in [2.75, 3.05) is 0 Å². The van der Waals surface area contributed by atoms with Crippen LogP contribution < -0.4 is 0 Å². The Morgan fingerprint density at radius 3 is 1.87 bits per heavy atom. The molecule has 90 valence electrons. The van der Waals surface area contributed by atoms with Gasteiger partial charge in [-0.2, -0.15) is 13.2 Å². The van der Waals surface area contributed by atoms with Gasteiger partial charge in [0, 0.05) is 12.8 Å². The molecule has 0 atom stereocenters. The molecule has 0 aromatic rings. The van der Waals surface area contributed by atoms with Crippen molar-refractivity contribution in [3.8, 4) is 0 Å². The van der Waals surface area contributed by atoms with Gasteiger partial charge in [-0.05, 0) is 19.8 Å². The maximum absolute atomic E-state index is 11.7. The largest absolute Gasteiger partial charge is 0.389 e. The summed E-state index contributed by atoms with van der Waals surface area (Å²) in [6.07, 6.45) is 0.396. The fourth-order valence-electron chi connectivity index (χ4n) is 1.41. The van der Waals surface area contributed by atoms with E-state index in [2.05, 4.69) is 0 Å². The smallest absolute Gasteiger partial charge is 0.300 e. The summed E-state index contributed by atoms with van der Waals surface area (Å²) in [7, 11) is 0. The van der Waals surface area contributed by atoms with E-state index < -0.39 is 12.6 Å². The monoisotopic (exact) mass is 224 g/mol. The first-order chi connectivity index (χ1) is 6.92. The van der Waals surface area contributed by atoms with Gasteiger partial charge in [0.15, 0.2) is 0 Å². The second-order valence-electron chi connectivity index (χ2n) is 3.94. The van der Waals surface area contributed by atoms with E-state index in [-0.39, 0.29) is 12.2 Å². The molecule has 0 spiro atoms. The van der Waals surface area contributed by atoms with E-state index in [4.69, 9.17) is 0 Å². The summed E-state index contributed by atoms with van der Waals surface area (Å²) >= 11 is 0. The van der Waals surface area contributed by atoms with Crippen LogP contribution in [0.3, 0.4) is 0 Å². The topological polar surface area (TPSA) is 17.1 Å². The van der Waals surface area contributed by atoms with Crippen LogP contribution in [0.4, 0.5) is 13.2 Å². The molecule has 0 saturated heterocycles. The van der Waals surface area contributed by atoms with Gasteiger partial charge >= 0.3 is 6.18 Å². The van der Waals surface area contributed by atoms with Crippen LogP contribution in [-0.4, -0.2) is 12.0 Å². The van der Waals surface area contributed by atoms with Crippen molar-refractivity contribution in [3.63, 3.8) is 0 Å². The minimum Gasteiger partial charge on any atom is -0.300 e. The third-order valence-corrected chi connectivity index (χ3v) is 2.24. The number of rotatable bonds is 8. The molecule has 0 N–H and O–H groups in total. The highest BCUT2D eigenvalue weighted by Gasteiger charge is 2.25. The summed E-state index contributed by atoms with van der Waals surface area (Å²) in [4.78, 5) is 10.6. The Hall–Kier alpha value is -0.540. The molecular weight excluding hydrogens is 205 g/mol. The molecule has 0 unspecified atom stereocenters. The zero-order valence-corrected chi connectivity index (χ0v) is 9.20. The van der Waals surface area contributed by atoms with Crippen molar-refractivity contribution in [1.82, 2.24) is 0 Å². The number of carbonyl (C=O) groups is 1. The Kier molecular flexibility index (Phi) is 7.44. The van der Waals surface area contributed by atoms with Crippen molar-refractivity contribution in [3.05, 3.63) is 0 Å². The lowest BCUT2D eigenvalue weighted by Gasteiger charge is -2.05. The normalized spacial score (nSPS) is 11.7. The lowest BCUT2D eigenvalue weighted by atomic mass is 10.1. The fraction of sp³-hybridized carbons (Fsp3) is 0.909. The SMILES string of the molecule is CC(=O)CCCCCCCCC(F)(F)F. The number of halogens is 3. The Balaban J connectivity index is 3.09. The highest BCUT2D eigenvalue weighted by Crippen LogP contribution is 2.23. The minimum absolute atomic E-state index is 0.187. The number of hydrogen-bond acceptors (Lipinski definition) is 1. The van der Waals surface area contributed by atoms with Gasteiger partial charge in [-0.25, -0.2) is 0 Å². The number of hydrogen-bond donors (Lipinski definition) is 0. The first-order valence-electron chi connectivity index (χ1n) is 5.48. The molecule has 4 heteroatoms. The van der Waals surface area contributed by atoms with Crippen molar-refractivity contribution < 1.29 is 18.0 Å². The van der Waals surface area contributed by atoms with E-state index in [9.17, 15) is 18.0 Å². The molecular formula is C11H19F3O. The van der Waals surface area contributed by atoms with E-state index in [0.717, 1.165) is 25.7 Å². The highest BCUT2D eigenvalue weighted by atomic mass is 19.4. The van der Waals surface area contributed by atoms with Gasteiger partial charge < -0.3 is 4.79 Å². The molecule has 0 heterocycles. The molecule has 15 heavy (non-hydrogen) atoms. The van der Waals surface area contributed by atoms with Gasteiger partial charge in [-0.3, -0.25) is 0 Å². The van der Waals surface area contributed by atoms with E-state index in [1.54, 1.807) is 6.92 Å². The molecule has 0 aliphatic heterocycles. The summed E-state index contributed by atoms with van der Waals surface area (Å²) in [5.74, 6) is 0.187. The average Bonchev–Trinajstić information content (AvgIpc) is 2.07.